The van der Waals surface area contributed by atoms with Crippen LogP contribution in [0.25, 0.3) is 16.5 Å². The zero-order valence-corrected chi connectivity index (χ0v) is 23.7. The summed E-state index contributed by atoms with van der Waals surface area (Å²) in [7, 11) is -3.90. The predicted molar refractivity (Wildman–Crippen MR) is 154 cm³/mol. The van der Waals surface area contributed by atoms with Gasteiger partial charge in [-0.25, -0.2) is 13.1 Å². The minimum absolute atomic E-state index is 0.168. The van der Waals surface area contributed by atoms with Crippen molar-refractivity contribution in [3.8, 4) is 5.69 Å². The number of aromatic nitrogens is 2. The number of halogens is 1. The van der Waals surface area contributed by atoms with Crippen molar-refractivity contribution >= 4 is 44.1 Å². The van der Waals surface area contributed by atoms with E-state index in [1.54, 1.807) is 35.0 Å². The molecule has 0 saturated heterocycles. The lowest BCUT2D eigenvalue weighted by Gasteiger charge is -2.22. The number of rotatable bonds is 9. The second-order valence-electron chi connectivity index (χ2n) is 10.3. The molecular formula is C29H33ClN4O3S. The van der Waals surface area contributed by atoms with Gasteiger partial charge in [-0.05, 0) is 53.6 Å². The number of hydrogen-bond donors (Lipinski definition) is 1. The van der Waals surface area contributed by atoms with Crippen LogP contribution in [-0.2, 0) is 20.2 Å². The number of hydrogen-bond acceptors (Lipinski definition) is 4. The van der Waals surface area contributed by atoms with E-state index >= 15 is 0 Å². The summed E-state index contributed by atoms with van der Waals surface area (Å²) in [6.45, 7) is 8.02. The van der Waals surface area contributed by atoms with E-state index in [1.807, 2.05) is 70.2 Å². The molecular weight excluding hydrogens is 520 g/mol. The molecule has 0 aliphatic carbocycles. The van der Waals surface area contributed by atoms with Crippen molar-refractivity contribution in [2.75, 3.05) is 18.4 Å². The summed E-state index contributed by atoms with van der Waals surface area (Å²) in [5.41, 5.74) is 1.25. The van der Waals surface area contributed by atoms with E-state index in [0.29, 0.717) is 17.3 Å². The SMILES string of the molecule is CCCCN(CC(=O)Nc1cc(C(C)(C)C)nn1-c1ccc(Cl)cc1)S(=O)(=O)c1ccc2ccccc2c1. The number of carbonyl (C=O) groups is 1. The molecule has 0 aliphatic heterocycles. The highest BCUT2D eigenvalue weighted by atomic mass is 35.5. The smallest absolute Gasteiger partial charge is 0.243 e. The molecule has 0 atom stereocenters. The van der Waals surface area contributed by atoms with Crippen molar-refractivity contribution in [1.29, 1.82) is 0 Å². The summed E-state index contributed by atoms with van der Waals surface area (Å²) in [5, 5.41) is 9.99. The lowest BCUT2D eigenvalue weighted by Crippen LogP contribution is -2.38. The lowest BCUT2D eigenvalue weighted by molar-refractivity contribution is -0.116. The van der Waals surface area contributed by atoms with E-state index in [2.05, 4.69) is 5.32 Å². The molecule has 3 aromatic carbocycles. The molecule has 4 rings (SSSR count). The Balaban J connectivity index is 1.63. The number of nitrogens with one attached hydrogen (secondary N) is 1. The van der Waals surface area contributed by atoms with Gasteiger partial charge in [0.15, 0.2) is 0 Å². The molecule has 0 fully saturated rings. The molecule has 0 spiro atoms. The fourth-order valence-corrected chi connectivity index (χ4v) is 5.65. The van der Waals surface area contributed by atoms with Crippen molar-refractivity contribution in [2.45, 2.75) is 50.8 Å². The van der Waals surface area contributed by atoms with Gasteiger partial charge in [0, 0.05) is 23.0 Å². The van der Waals surface area contributed by atoms with Crippen molar-refractivity contribution in [1.82, 2.24) is 14.1 Å². The van der Waals surface area contributed by atoms with Gasteiger partial charge >= 0.3 is 0 Å². The molecule has 38 heavy (non-hydrogen) atoms. The molecule has 4 aromatic rings. The maximum atomic E-state index is 13.6. The molecule has 7 nitrogen and oxygen atoms in total. The van der Waals surface area contributed by atoms with Crippen LogP contribution in [0.4, 0.5) is 5.82 Å². The van der Waals surface area contributed by atoms with Crippen LogP contribution < -0.4 is 5.32 Å². The Kier molecular flexibility index (Phi) is 8.25. The number of benzene rings is 3. The summed E-state index contributed by atoms with van der Waals surface area (Å²) in [5.74, 6) is 0.0156. The van der Waals surface area contributed by atoms with Gasteiger partial charge in [-0.2, -0.15) is 9.40 Å². The Morgan fingerprint density at radius 3 is 2.34 bits per heavy atom. The van der Waals surface area contributed by atoms with Gasteiger partial charge in [0.05, 0.1) is 22.8 Å². The summed E-state index contributed by atoms with van der Waals surface area (Å²) < 4.78 is 30.2. The van der Waals surface area contributed by atoms with Gasteiger partial charge in [-0.1, -0.05) is 76.0 Å². The highest BCUT2D eigenvalue weighted by Gasteiger charge is 2.28. The predicted octanol–water partition coefficient (Wildman–Crippen LogP) is 6.41. The van der Waals surface area contributed by atoms with Crippen LogP contribution in [-0.4, -0.2) is 41.5 Å². The number of fused-ring (bicyclic) bond motifs is 1. The molecule has 9 heteroatoms. The van der Waals surface area contributed by atoms with Gasteiger partial charge < -0.3 is 5.32 Å². The van der Waals surface area contributed by atoms with Crippen molar-refractivity contribution < 1.29 is 13.2 Å². The Bertz CT molecular complexity index is 1540. The Labute approximate surface area is 229 Å². The first-order valence-electron chi connectivity index (χ1n) is 12.6. The van der Waals surface area contributed by atoms with Gasteiger partial charge in [-0.15, -0.1) is 0 Å². The number of nitrogens with zero attached hydrogens (tertiary/aromatic N) is 3. The quantitative estimate of drug-likeness (QED) is 0.260. The van der Waals surface area contributed by atoms with Crippen molar-refractivity contribution in [2.24, 2.45) is 0 Å². The number of carbonyl (C=O) groups excluding carboxylic acids is 1. The standard InChI is InChI=1S/C29H33ClN4O3S/c1-5-6-17-33(38(36,37)25-16-11-21-9-7-8-10-22(21)18-25)20-28(35)31-27-19-26(29(2,3)4)32-34(27)24-14-12-23(30)13-15-24/h7-16,18-19H,5-6,17,20H2,1-4H3,(H,31,35). The molecule has 0 aliphatic rings. The first kappa shape index (κ1) is 27.8. The highest BCUT2D eigenvalue weighted by Crippen LogP contribution is 2.27. The van der Waals surface area contributed by atoms with E-state index in [-0.39, 0.29) is 23.4 Å². The molecule has 1 amide bonds. The highest BCUT2D eigenvalue weighted by molar-refractivity contribution is 7.89. The Morgan fingerprint density at radius 2 is 1.68 bits per heavy atom. The average molecular weight is 553 g/mol. The number of anilines is 1. The van der Waals surface area contributed by atoms with Gasteiger partial charge in [0.25, 0.3) is 0 Å². The summed E-state index contributed by atoms with van der Waals surface area (Å²) in [6.07, 6.45) is 1.43. The van der Waals surface area contributed by atoms with Gasteiger partial charge in [0.1, 0.15) is 5.82 Å². The fourth-order valence-electron chi connectivity index (χ4n) is 4.05. The van der Waals surface area contributed by atoms with E-state index in [9.17, 15) is 13.2 Å². The minimum Gasteiger partial charge on any atom is -0.309 e. The molecule has 0 radical (unpaired) electrons. The molecule has 0 bridgehead atoms. The van der Waals surface area contributed by atoms with Gasteiger partial charge in [-0.3, -0.25) is 4.79 Å². The van der Waals surface area contributed by atoms with E-state index < -0.39 is 15.9 Å². The van der Waals surface area contributed by atoms with Crippen LogP contribution in [0.2, 0.25) is 5.02 Å². The van der Waals surface area contributed by atoms with Crippen LogP contribution in [0.1, 0.15) is 46.2 Å². The topological polar surface area (TPSA) is 84.3 Å². The van der Waals surface area contributed by atoms with Crippen LogP contribution in [0, 0.1) is 0 Å². The normalized spacial score (nSPS) is 12.3. The Hall–Kier alpha value is -3.20. The number of sulfonamides is 1. The first-order chi connectivity index (χ1) is 18.0. The summed E-state index contributed by atoms with van der Waals surface area (Å²) in [4.78, 5) is 13.5. The molecule has 1 aromatic heterocycles. The largest absolute Gasteiger partial charge is 0.309 e. The van der Waals surface area contributed by atoms with Crippen molar-refractivity contribution in [3.05, 3.63) is 83.5 Å². The number of unbranched alkanes of at least 4 members (excludes halogenated alkanes) is 1. The third kappa shape index (κ3) is 6.26. The lowest BCUT2D eigenvalue weighted by atomic mass is 9.92. The first-order valence-corrected chi connectivity index (χ1v) is 14.5. The van der Waals surface area contributed by atoms with Crippen molar-refractivity contribution in [3.63, 3.8) is 0 Å². The van der Waals surface area contributed by atoms with E-state index in [1.165, 1.54) is 4.31 Å². The molecule has 1 N–H and O–H groups in total. The van der Waals surface area contributed by atoms with Crippen LogP contribution in [0.15, 0.2) is 77.7 Å². The third-order valence-electron chi connectivity index (χ3n) is 6.26. The van der Waals surface area contributed by atoms with Crippen LogP contribution >= 0.6 is 11.6 Å². The summed E-state index contributed by atoms with van der Waals surface area (Å²) in [6, 6.07) is 21.6. The number of amides is 1. The van der Waals surface area contributed by atoms with E-state index in [4.69, 9.17) is 16.7 Å². The second-order valence-corrected chi connectivity index (χ2v) is 12.7. The zero-order chi connectivity index (χ0) is 27.5. The molecule has 1 heterocycles. The van der Waals surface area contributed by atoms with Crippen LogP contribution in [0.3, 0.4) is 0 Å². The molecule has 200 valence electrons. The minimum atomic E-state index is -3.90. The second kappa shape index (κ2) is 11.3. The monoisotopic (exact) mass is 552 g/mol. The average Bonchev–Trinajstić information content (AvgIpc) is 3.30. The maximum absolute atomic E-state index is 13.6. The molecule has 0 unspecified atom stereocenters. The zero-order valence-electron chi connectivity index (χ0n) is 22.1. The van der Waals surface area contributed by atoms with Gasteiger partial charge in [0.2, 0.25) is 15.9 Å². The maximum Gasteiger partial charge on any atom is 0.243 e. The third-order valence-corrected chi connectivity index (χ3v) is 8.35. The fraction of sp³-hybridized carbons (Fsp3) is 0.310. The Morgan fingerprint density at radius 1 is 1.00 bits per heavy atom. The molecule has 0 saturated carbocycles. The van der Waals surface area contributed by atoms with Crippen LogP contribution in [0.5, 0.6) is 0 Å². The summed E-state index contributed by atoms with van der Waals surface area (Å²) >= 11 is 6.06. The van der Waals surface area contributed by atoms with E-state index in [0.717, 1.165) is 28.6 Å².